The molecule has 0 saturated carbocycles. The highest BCUT2D eigenvalue weighted by atomic mass is 127. The number of halogens is 1. The molecule has 7 nitrogen and oxygen atoms in total. The van der Waals surface area contributed by atoms with Crippen LogP contribution >= 0.6 is 24.0 Å². The van der Waals surface area contributed by atoms with Gasteiger partial charge in [-0.15, -0.1) is 24.0 Å². The minimum Gasteiger partial charge on any atom is -0.491 e. The Morgan fingerprint density at radius 1 is 1.22 bits per heavy atom. The van der Waals surface area contributed by atoms with Crippen LogP contribution in [0.3, 0.4) is 0 Å². The van der Waals surface area contributed by atoms with Crippen molar-refractivity contribution >= 4 is 35.8 Å². The number of benzene rings is 1. The number of amides is 1. The number of rotatable bonds is 10. The van der Waals surface area contributed by atoms with E-state index in [1.165, 1.54) is 0 Å². The maximum absolute atomic E-state index is 11.8. The quantitative estimate of drug-likeness (QED) is 0.227. The number of hydrogen-bond acceptors (Lipinski definition) is 4. The first-order valence-electron chi connectivity index (χ1n) is 8.91. The average molecular weight is 492 g/mol. The monoisotopic (exact) mass is 492 g/mol. The number of aryl methyl sites for hydroxylation is 1. The van der Waals surface area contributed by atoms with Gasteiger partial charge in [-0.3, -0.25) is 4.79 Å². The predicted octanol–water partition coefficient (Wildman–Crippen LogP) is 2.17. The van der Waals surface area contributed by atoms with E-state index in [0.29, 0.717) is 25.7 Å². The Labute approximate surface area is 179 Å². The van der Waals surface area contributed by atoms with Crippen molar-refractivity contribution in [3.8, 4) is 5.75 Å². The lowest BCUT2D eigenvalue weighted by Gasteiger charge is -2.15. The van der Waals surface area contributed by atoms with Crippen molar-refractivity contribution in [3.05, 3.63) is 29.3 Å². The molecule has 0 radical (unpaired) electrons. The van der Waals surface area contributed by atoms with Crippen LogP contribution in [0.2, 0.25) is 0 Å². The predicted molar refractivity (Wildman–Crippen MR) is 120 cm³/mol. The van der Waals surface area contributed by atoms with Crippen LogP contribution < -0.4 is 15.4 Å². The molecule has 0 aliphatic carbocycles. The highest BCUT2D eigenvalue weighted by molar-refractivity contribution is 14.0. The highest BCUT2D eigenvalue weighted by Gasteiger charge is 2.07. The molecule has 0 unspecified atom stereocenters. The second-order valence-corrected chi connectivity index (χ2v) is 6.19. The molecule has 0 fully saturated rings. The van der Waals surface area contributed by atoms with E-state index in [0.717, 1.165) is 29.8 Å². The van der Waals surface area contributed by atoms with E-state index in [2.05, 4.69) is 22.5 Å². The number of hydrogen-bond donors (Lipinski definition) is 2. The summed E-state index contributed by atoms with van der Waals surface area (Å²) in [6.45, 7) is 6.58. The van der Waals surface area contributed by atoms with Crippen molar-refractivity contribution in [2.24, 2.45) is 4.99 Å². The fraction of sp³-hybridized carbons (Fsp3) is 0.579. The van der Waals surface area contributed by atoms with Crippen LogP contribution in [0.25, 0.3) is 0 Å². The maximum atomic E-state index is 11.8. The van der Waals surface area contributed by atoms with E-state index in [4.69, 9.17) is 9.47 Å². The van der Waals surface area contributed by atoms with Crippen molar-refractivity contribution in [2.75, 3.05) is 47.5 Å². The Morgan fingerprint density at radius 2 is 1.96 bits per heavy atom. The second kappa shape index (κ2) is 14.5. The van der Waals surface area contributed by atoms with Crippen molar-refractivity contribution in [1.82, 2.24) is 15.5 Å². The van der Waals surface area contributed by atoms with Crippen molar-refractivity contribution in [3.63, 3.8) is 0 Å². The van der Waals surface area contributed by atoms with Crippen LogP contribution in [0.15, 0.2) is 23.2 Å². The smallest absolute Gasteiger partial charge is 0.241 e. The van der Waals surface area contributed by atoms with Gasteiger partial charge in [-0.1, -0.05) is 19.1 Å². The molecule has 154 valence electrons. The number of aliphatic imine (C=N–C) groups is 1. The summed E-state index contributed by atoms with van der Waals surface area (Å²) >= 11 is 0. The topological polar surface area (TPSA) is 75.2 Å². The van der Waals surface area contributed by atoms with Gasteiger partial charge in [0.1, 0.15) is 12.4 Å². The number of nitrogens with one attached hydrogen (secondary N) is 2. The lowest BCUT2D eigenvalue weighted by atomic mass is 10.1. The number of guanidine groups is 1. The van der Waals surface area contributed by atoms with Gasteiger partial charge >= 0.3 is 0 Å². The molecule has 0 aliphatic rings. The minimum atomic E-state index is -0.00470. The Morgan fingerprint density at radius 3 is 2.59 bits per heavy atom. The Kier molecular flexibility index (Phi) is 13.7. The normalized spacial score (nSPS) is 10.8. The number of carbonyl (C=O) groups excluding carboxylic acids is 1. The number of methoxy groups -OCH3 is 1. The molecular formula is C19H33IN4O3. The molecular weight excluding hydrogens is 459 g/mol. The molecule has 1 aromatic carbocycles. The van der Waals surface area contributed by atoms with Crippen molar-refractivity contribution < 1.29 is 14.3 Å². The summed E-state index contributed by atoms with van der Waals surface area (Å²) in [4.78, 5) is 17.9. The summed E-state index contributed by atoms with van der Waals surface area (Å²) in [5.41, 5.74) is 2.12. The van der Waals surface area contributed by atoms with Crippen LogP contribution in [-0.2, 0) is 16.1 Å². The SMILES string of the molecule is CCCNC(=NCc1ccc(C)cc1OCCOC)NCC(=O)N(C)C.I. The van der Waals surface area contributed by atoms with E-state index in [1.807, 2.05) is 25.1 Å². The average Bonchev–Trinajstić information content (AvgIpc) is 2.62. The van der Waals surface area contributed by atoms with Gasteiger partial charge in [0, 0.05) is 33.3 Å². The van der Waals surface area contributed by atoms with Crippen molar-refractivity contribution in [1.29, 1.82) is 0 Å². The molecule has 2 N–H and O–H groups in total. The first-order valence-corrected chi connectivity index (χ1v) is 8.91. The summed E-state index contributed by atoms with van der Waals surface area (Å²) in [6, 6.07) is 6.06. The van der Waals surface area contributed by atoms with Gasteiger partial charge in [-0.2, -0.15) is 0 Å². The third-order valence-corrected chi connectivity index (χ3v) is 3.62. The number of nitrogens with zero attached hydrogens (tertiary/aromatic N) is 2. The van der Waals surface area contributed by atoms with E-state index < -0.39 is 0 Å². The summed E-state index contributed by atoms with van der Waals surface area (Å²) in [5, 5.41) is 6.30. The van der Waals surface area contributed by atoms with Crippen LogP contribution in [0.4, 0.5) is 0 Å². The lowest BCUT2D eigenvalue weighted by Crippen LogP contribution is -2.43. The minimum absolute atomic E-state index is 0. The summed E-state index contributed by atoms with van der Waals surface area (Å²) in [6.07, 6.45) is 0.970. The summed E-state index contributed by atoms with van der Waals surface area (Å²) < 4.78 is 10.8. The zero-order chi connectivity index (χ0) is 19.4. The Bertz CT molecular complexity index is 594. The molecule has 1 aromatic rings. The zero-order valence-electron chi connectivity index (χ0n) is 17.0. The Balaban J connectivity index is 0.00000676. The van der Waals surface area contributed by atoms with E-state index in [1.54, 1.807) is 26.1 Å². The molecule has 1 amide bonds. The molecule has 27 heavy (non-hydrogen) atoms. The summed E-state index contributed by atoms with van der Waals surface area (Å²) in [7, 11) is 5.11. The fourth-order valence-electron chi connectivity index (χ4n) is 2.06. The number of carbonyl (C=O) groups is 1. The van der Waals surface area contributed by atoms with Gasteiger partial charge in [0.05, 0.1) is 19.7 Å². The zero-order valence-corrected chi connectivity index (χ0v) is 19.3. The largest absolute Gasteiger partial charge is 0.491 e. The van der Waals surface area contributed by atoms with Crippen LogP contribution in [-0.4, -0.2) is 64.3 Å². The summed E-state index contributed by atoms with van der Waals surface area (Å²) in [5.74, 6) is 1.42. The maximum Gasteiger partial charge on any atom is 0.241 e. The molecule has 0 saturated heterocycles. The standard InChI is InChI=1S/C19H32N4O3.HI/c1-6-9-20-19(22-14-18(24)23(3)4)21-13-16-8-7-15(2)12-17(16)26-11-10-25-5;/h7-8,12H,6,9-11,13-14H2,1-5H3,(H2,20,21,22);1H. The van der Waals surface area contributed by atoms with E-state index in [9.17, 15) is 4.79 Å². The van der Waals surface area contributed by atoms with E-state index in [-0.39, 0.29) is 36.4 Å². The first kappa shape index (κ1) is 25.4. The second-order valence-electron chi connectivity index (χ2n) is 6.19. The van der Waals surface area contributed by atoms with Crippen LogP contribution in [0.5, 0.6) is 5.75 Å². The van der Waals surface area contributed by atoms with Crippen molar-refractivity contribution in [2.45, 2.75) is 26.8 Å². The molecule has 0 bridgehead atoms. The molecule has 1 rings (SSSR count). The first-order chi connectivity index (χ1) is 12.5. The third kappa shape index (κ3) is 10.4. The van der Waals surface area contributed by atoms with Gasteiger partial charge in [-0.25, -0.2) is 4.99 Å². The van der Waals surface area contributed by atoms with E-state index >= 15 is 0 Å². The van der Waals surface area contributed by atoms with Crippen LogP contribution in [0.1, 0.15) is 24.5 Å². The molecule has 0 aromatic heterocycles. The molecule has 0 atom stereocenters. The van der Waals surface area contributed by atoms with Gasteiger partial charge in [0.2, 0.25) is 5.91 Å². The molecule has 0 spiro atoms. The van der Waals surface area contributed by atoms with Gasteiger partial charge < -0.3 is 25.0 Å². The lowest BCUT2D eigenvalue weighted by molar-refractivity contribution is -0.127. The highest BCUT2D eigenvalue weighted by Crippen LogP contribution is 2.21. The van der Waals surface area contributed by atoms with Crippen LogP contribution in [0, 0.1) is 6.92 Å². The number of likely N-dealkylation sites (N-methyl/N-ethyl adjacent to an activating group) is 1. The number of ether oxygens (including phenoxy) is 2. The Hall–Kier alpha value is -1.55. The van der Waals surface area contributed by atoms with Gasteiger partial charge in [0.25, 0.3) is 0 Å². The molecule has 0 heterocycles. The molecule has 8 heteroatoms. The van der Waals surface area contributed by atoms with Gasteiger partial charge in [-0.05, 0) is 25.0 Å². The van der Waals surface area contributed by atoms with Gasteiger partial charge in [0.15, 0.2) is 5.96 Å². The molecule has 0 aliphatic heterocycles. The third-order valence-electron chi connectivity index (χ3n) is 3.62. The fourth-order valence-corrected chi connectivity index (χ4v) is 2.06.